The Hall–Kier alpha value is -1.82. The van der Waals surface area contributed by atoms with Crippen LogP contribution < -0.4 is 0 Å². The summed E-state index contributed by atoms with van der Waals surface area (Å²) in [5.41, 5.74) is 2.13. The summed E-state index contributed by atoms with van der Waals surface area (Å²) >= 11 is 5.78. The minimum atomic E-state index is 0.0693. The van der Waals surface area contributed by atoms with E-state index in [0.29, 0.717) is 24.5 Å². The van der Waals surface area contributed by atoms with Crippen LogP contribution in [0.5, 0.6) is 0 Å². The van der Waals surface area contributed by atoms with Gasteiger partial charge in [-0.1, -0.05) is 11.6 Å². The molecule has 0 saturated carbocycles. The zero-order valence-corrected chi connectivity index (χ0v) is 12.6. The quantitative estimate of drug-likeness (QED) is 0.842. The van der Waals surface area contributed by atoms with E-state index in [1.807, 2.05) is 14.0 Å². The van der Waals surface area contributed by atoms with Gasteiger partial charge in [-0.2, -0.15) is 10.2 Å². The molecule has 2 aromatic heterocycles. The van der Waals surface area contributed by atoms with Crippen LogP contribution in [0.15, 0.2) is 18.6 Å². The van der Waals surface area contributed by atoms with Crippen molar-refractivity contribution in [2.45, 2.75) is 26.4 Å². The lowest BCUT2D eigenvalue weighted by Crippen LogP contribution is -2.27. The van der Waals surface area contributed by atoms with Crippen molar-refractivity contribution in [3.05, 3.63) is 34.9 Å². The van der Waals surface area contributed by atoms with E-state index in [9.17, 15) is 4.79 Å². The molecule has 0 radical (unpaired) electrons. The van der Waals surface area contributed by atoms with Crippen molar-refractivity contribution >= 4 is 17.5 Å². The number of rotatable bonds is 5. The second-order valence-electron chi connectivity index (χ2n) is 4.80. The van der Waals surface area contributed by atoms with Gasteiger partial charge in [0.1, 0.15) is 0 Å². The molecule has 0 N–H and O–H groups in total. The number of carbonyl (C=O) groups is 1. The van der Waals surface area contributed by atoms with Crippen molar-refractivity contribution in [2.24, 2.45) is 7.05 Å². The van der Waals surface area contributed by atoms with Crippen LogP contribution in [0.4, 0.5) is 0 Å². The van der Waals surface area contributed by atoms with Crippen LogP contribution in [-0.2, 0) is 24.9 Å². The number of amides is 1. The Balaban J connectivity index is 1.87. The molecule has 0 aliphatic heterocycles. The Bertz CT molecular complexity index is 604. The fourth-order valence-corrected chi connectivity index (χ4v) is 2.06. The van der Waals surface area contributed by atoms with Crippen molar-refractivity contribution in [1.82, 2.24) is 24.5 Å². The van der Waals surface area contributed by atoms with E-state index in [1.54, 1.807) is 39.9 Å². The molecule has 108 valence electrons. The van der Waals surface area contributed by atoms with E-state index in [4.69, 9.17) is 11.6 Å². The zero-order chi connectivity index (χ0) is 14.7. The van der Waals surface area contributed by atoms with Crippen LogP contribution in [0.2, 0.25) is 5.02 Å². The molecule has 0 aliphatic rings. The number of halogens is 1. The molecule has 0 unspecified atom stereocenters. The first-order valence-corrected chi connectivity index (χ1v) is 6.74. The average molecular weight is 296 g/mol. The van der Waals surface area contributed by atoms with Gasteiger partial charge < -0.3 is 4.90 Å². The molecule has 2 rings (SSSR count). The summed E-state index contributed by atoms with van der Waals surface area (Å²) in [6, 6.07) is 0. The Labute approximate surface area is 122 Å². The molecule has 2 heterocycles. The van der Waals surface area contributed by atoms with E-state index in [1.165, 1.54) is 0 Å². The first-order chi connectivity index (χ1) is 9.47. The second-order valence-corrected chi connectivity index (χ2v) is 5.24. The third-order valence-corrected chi connectivity index (χ3v) is 3.52. The van der Waals surface area contributed by atoms with Gasteiger partial charge in [0.05, 0.1) is 17.4 Å². The molecule has 0 aliphatic carbocycles. The summed E-state index contributed by atoms with van der Waals surface area (Å²) in [4.78, 5) is 13.8. The number of hydrogen-bond acceptors (Lipinski definition) is 3. The molecule has 1 amide bonds. The maximum Gasteiger partial charge on any atom is 0.224 e. The molecular formula is C13H18ClN5O. The highest BCUT2D eigenvalue weighted by Gasteiger charge is 2.12. The fraction of sp³-hybridized carbons (Fsp3) is 0.462. The highest BCUT2D eigenvalue weighted by atomic mass is 35.5. The molecule has 0 saturated heterocycles. The summed E-state index contributed by atoms with van der Waals surface area (Å²) in [6.45, 7) is 3.09. The largest absolute Gasteiger partial charge is 0.341 e. The van der Waals surface area contributed by atoms with Crippen molar-refractivity contribution in [3.8, 4) is 0 Å². The molecule has 20 heavy (non-hydrogen) atoms. The summed E-state index contributed by atoms with van der Waals surface area (Å²) < 4.78 is 3.47. The van der Waals surface area contributed by atoms with Gasteiger partial charge in [-0.25, -0.2) is 0 Å². The van der Waals surface area contributed by atoms with Crippen molar-refractivity contribution in [1.29, 1.82) is 0 Å². The lowest BCUT2D eigenvalue weighted by atomic mass is 10.2. The number of aryl methyl sites for hydroxylation is 2. The van der Waals surface area contributed by atoms with Crippen LogP contribution >= 0.6 is 11.6 Å². The van der Waals surface area contributed by atoms with Crippen LogP contribution in [-0.4, -0.2) is 37.4 Å². The number of aromatic nitrogens is 4. The predicted molar refractivity (Wildman–Crippen MR) is 76.3 cm³/mol. The van der Waals surface area contributed by atoms with E-state index < -0.39 is 0 Å². The van der Waals surface area contributed by atoms with E-state index in [0.717, 1.165) is 11.3 Å². The average Bonchev–Trinajstić information content (AvgIpc) is 2.96. The lowest BCUT2D eigenvalue weighted by Gasteiger charge is -2.17. The molecule has 0 spiro atoms. The molecule has 0 fully saturated rings. The van der Waals surface area contributed by atoms with Gasteiger partial charge in [0, 0.05) is 51.1 Å². The maximum absolute atomic E-state index is 12.1. The molecule has 6 nitrogen and oxygen atoms in total. The lowest BCUT2D eigenvalue weighted by molar-refractivity contribution is -0.130. The van der Waals surface area contributed by atoms with Gasteiger partial charge in [-0.05, 0) is 6.92 Å². The van der Waals surface area contributed by atoms with Gasteiger partial charge in [-0.15, -0.1) is 0 Å². The van der Waals surface area contributed by atoms with Crippen molar-refractivity contribution in [3.63, 3.8) is 0 Å². The fourth-order valence-electron chi connectivity index (χ4n) is 1.90. The molecular weight excluding hydrogens is 278 g/mol. The summed E-state index contributed by atoms with van der Waals surface area (Å²) in [6.07, 6.45) is 5.47. The second kappa shape index (κ2) is 6.09. The van der Waals surface area contributed by atoms with Gasteiger partial charge in [0.15, 0.2) is 0 Å². The molecule has 0 bridgehead atoms. The molecule has 2 aromatic rings. The molecule has 0 aromatic carbocycles. The van der Waals surface area contributed by atoms with Gasteiger partial charge in [0.2, 0.25) is 5.91 Å². The highest BCUT2D eigenvalue weighted by molar-refractivity contribution is 6.30. The third kappa shape index (κ3) is 3.39. The monoisotopic (exact) mass is 295 g/mol. The minimum Gasteiger partial charge on any atom is -0.341 e. The Kier molecular flexibility index (Phi) is 4.44. The van der Waals surface area contributed by atoms with E-state index in [-0.39, 0.29) is 5.91 Å². The zero-order valence-electron chi connectivity index (χ0n) is 11.9. The smallest absolute Gasteiger partial charge is 0.224 e. The number of hydrogen-bond donors (Lipinski definition) is 0. The van der Waals surface area contributed by atoms with E-state index >= 15 is 0 Å². The van der Waals surface area contributed by atoms with Crippen molar-refractivity contribution < 1.29 is 4.79 Å². The maximum atomic E-state index is 12.1. The Morgan fingerprint density at radius 2 is 2.15 bits per heavy atom. The van der Waals surface area contributed by atoms with Gasteiger partial charge in [-0.3, -0.25) is 14.2 Å². The SMILES string of the molecule is Cc1c(CN(C)C(=O)CCn2cc(Cl)cn2)cnn1C. The normalized spacial score (nSPS) is 10.8. The Morgan fingerprint density at radius 1 is 1.40 bits per heavy atom. The first-order valence-electron chi connectivity index (χ1n) is 6.36. The standard InChI is InChI=1S/C13H18ClN5O/c1-10-11(6-15-18(10)3)8-17(2)13(20)4-5-19-9-12(14)7-16-19/h6-7,9H,4-5,8H2,1-3H3. The predicted octanol–water partition coefficient (Wildman–Crippen LogP) is 1.63. The van der Waals surface area contributed by atoms with Gasteiger partial charge >= 0.3 is 0 Å². The third-order valence-electron chi connectivity index (χ3n) is 3.33. The van der Waals surface area contributed by atoms with Crippen LogP contribution in [0.3, 0.4) is 0 Å². The topological polar surface area (TPSA) is 56.0 Å². The summed E-state index contributed by atoms with van der Waals surface area (Å²) in [5, 5.41) is 8.80. The Morgan fingerprint density at radius 3 is 2.70 bits per heavy atom. The van der Waals surface area contributed by atoms with Crippen LogP contribution in [0, 0.1) is 6.92 Å². The number of carbonyl (C=O) groups excluding carboxylic acids is 1. The molecule has 7 heteroatoms. The minimum absolute atomic E-state index is 0.0693. The summed E-state index contributed by atoms with van der Waals surface area (Å²) in [5.74, 6) is 0.0693. The highest BCUT2D eigenvalue weighted by Crippen LogP contribution is 2.10. The summed E-state index contributed by atoms with van der Waals surface area (Å²) in [7, 11) is 3.69. The van der Waals surface area contributed by atoms with Gasteiger partial charge in [0.25, 0.3) is 0 Å². The first kappa shape index (κ1) is 14.6. The van der Waals surface area contributed by atoms with E-state index in [2.05, 4.69) is 10.2 Å². The van der Waals surface area contributed by atoms with Crippen LogP contribution in [0.1, 0.15) is 17.7 Å². The van der Waals surface area contributed by atoms with Crippen LogP contribution in [0.25, 0.3) is 0 Å². The number of nitrogens with zero attached hydrogens (tertiary/aromatic N) is 5. The molecule has 0 atom stereocenters. The van der Waals surface area contributed by atoms with Crippen molar-refractivity contribution in [2.75, 3.05) is 7.05 Å².